The summed E-state index contributed by atoms with van der Waals surface area (Å²) in [6, 6.07) is 26.0. The van der Waals surface area contributed by atoms with Gasteiger partial charge >= 0.3 is 44.2 Å². The van der Waals surface area contributed by atoms with Gasteiger partial charge in [-0.3, -0.25) is 9.59 Å². The van der Waals surface area contributed by atoms with Crippen LogP contribution in [-0.4, -0.2) is 40.8 Å². The van der Waals surface area contributed by atoms with Crippen molar-refractivity contribution < 1.29 is 53.9 Å². The van der Waals surface area contributed by atoms with Crippen LogP contribution in [-0.2, 0) is 29.8 Å². The van der Waals surface area contributed by atoms with E-state index in [1.54, 1.807) is 24.3 Å². The maximum Gasteiger partial charge on any atom is 0.339 e. The van der Waals surface area contributed by atoms with E-state index in [9.17, 15) is 36.0 Å². The number of anilines is 4. The van der Waals surface area contributed by atoms with Crippen molar-refractivity contribution in [3.8, 4) is 23.0 Å². The number of esters is 2. The maximum atomic E-state index is 13.2. The van der Waals surface area contributed by atoms with E-state index < -0.39 is 54.0 Å². The molecule has 0 radical (unpaired) electrons. The molecule has 4 N–H and O–H groups in total. The van der Waals surface area contributed by atoms with Gasteiger partial charge in [-0.25, -0.2) is 9.59 Å². The fraction of sp³-hybridized carbons (Fsp3) is 0.0556. The molecular weight excluding hydrogens is 745 g/mol. The van der Waals surface area contributed by atoms with Gasteiger partial charge in [-0.05, 0) is 66.7 Å². The van der Waals surface area contributed by atoms with Crippen LogP contribution in [0.1, 0.15) is 13.8 Å². The van der Waals surface area contributed by atoms with Crippen LogP contribution in [0.4, 0.5) is 32.3 Å². The van der Waals surface area contributed by atoms with Crippen molar-refractivity contribution in [1.82, 2.24) is 0 Å². The Labute approximate surface area is 309 Å². The van der Waals surface area contributed by atoms with Crippen LogP contribution in [0.25, 0.3) is 0 Å². The molecule has 18 heteroatoms. The van der Waals surface area contributed by atoms with E-state index in [0.717, 1.165) is 18.2 Å². The molecule has 54 heavy (non-hydrogen) atoms. The summed E-state index contributed by atoms with van der Waals surface area (Å²) < 4.78 is 73.3. The minimum absolute atomic E-state index is 0.156. The standard InChI is InChI=1S/C36H30N4O12S2/c1-23(41)49-29-12-3-8-25(18-29)37-35(43)39-27-10-5-14-31(20-27)51-53(45,46)33-16-7-17-34(22-33)54(47,48)52-32-15-6-11-28(21-32)40-36(44)38-26-9-4-13-30(19-26)50-24(2)42/h3-22H,1-2H3,(H2,37,39,43)(H2,38,40,44). The van der Waals surface area contributed by atoms with E-state index in [2.05, 4.69) is 21.3 Å². The number of amides is 4. The first kappa shape index (κ1) is 38.3. The van der Waals surface area contributed by atoms with Gasteiger partial charge in [0.25, 0.3) is 0 Å². The Kier molecular flexibility index (Phi) is 11.8. The molecule has 5 aromatic rings. The first-order valence-corrected chi connectivity index (χ1v) is 18.4. The summed E-state index contributed by atoms with van der Waals surface area (Å²) in [6.07, 6.45) is 0. The molecule has 278 valence electrons. The van der Waals surface area contributed by atoms with E-state index in [1.807, 2.05) is 0 Å². The number of nitrogens with one attached hydrogen (secondary N) is 4. The second-order valence-corrected chi connectivity index (χ2v) is 14.1. The minimum Gasteiger partial charge on any atom is -0.427 e. The van der Waals surface area contributed by atoms with Crippen LogP contribution < -0.4 is 39.1 Å². The molecule has 0 aliphatic rings. The number of hydrogen-bond acceptors (Lipinski definition) is 12. The average Bonchev–Trinajstić information content (AvgIpc) is 3.08. The monoisotopic (exact) mass is 774 g/mol. The van der Waals surface area contributed by atoms with Crippen molar-refractivity contribution in [1.29, 1.82) is 0 Å². The quantitative estimate of drug-likeness (QED) is 0.0618. The third-order valence-corrected chi connectivity index (χ3v) is 9.17. The predicted octanol–water partition coefficient (Wildman–Crippen LogP) is 6.36. The topological polar surface area (TPSA) is 222 Å². The molecule has 0 bridgehead atoms. The van der Waals surface area contributed by atoms with Crippen molar-refractivity contribution in [3.05, 3.63) is 121 Å². The number of hydrogen-bond donors (Lipinski definition) is 4. The van der Waals surface area contributed by atoms with E-state index in [-0.39, 0.29) is 34.4 Å². The van der Waals surface area contributed by atoms with Crippen LogP contribution in [0.2, 0.25) is 0 Å². The molecule has 0 atom stereocenters. The first-order valence-electron chi connectivity index (χ1n) is 15.6. The molecule has 0 aliphatic carbocycles. The summed E-state index contributed by atoms with van der Waals surface area (Å²) in [4.78, 5) is 46.5. The molecule has 0 fully saturated rings. The average molecular weight is 775 g/mol. The fourth-order valence-electron chi connectivity index (χ4n) is 4.58. The summed E-state index contributed by atoms with van der Waals surface area (Å²) in [5.74, 6) is -1.02. The lowest BCUT2D eigenvalue weighted by atomic mass is 10.3. The molecule has 16 nitrogen and oxygen atoms in total. The van der Waals surface area contributed by atoms with Crippen LogP contribution in [0, 0.1) is 0 Å². The Morgan fingerprint density at radius 1 is 0.426 bits per heavy atom. The molecule has 4 amide bonds. The molecule has 0 aliphatic heterocycles. The Hall–Kier alpha value is -6.92. The molecule has 0 saturated heterocycles. The van der Waals surface area contributed by atoms with Gasteiger partial charge in [0.05, 0.1) is 0 Å². The summed E-state index contributed by atoms with van der Waals surface area (Å²) in [7, 11) is -9.20. The largest absolute Gasteiger partial charge is 0.427 e. The van der Waals surface area contributed by atoms with Gasteiger partial charge in [0, 0.05) is 60.9 Å². The Balaban J connectivity index is 1.22. The Morgan fingerprint density at radius 2 is 0.722 bits per heavy atom. The van der Waals surface area contributed by atoms with Crippen molar-refractivity contribution >= 4 is 67.0 Å². The van der Waals surface area contributed by atoms with Gasteiger partial charge in [-0.1, -0.05) is 30.3 Å². The van der Waals surface area contributed by atoms with Gasteiger partial charge in [-0.2, -0.15) is 16.8 Å². The minimum atomic E-state index is -4.60. The predicted molar refractivity (Wildman–Crippen MR) is 196 cm³/mol. The lowest BCUT2D eigenvalue weighted by Gasteiger charge is -2.12. The van der Waals surface area contributed by atoms with Gasteiger partial charge in [0.1, 0.15) is 32.8 Å². The number of ether oxygens (including phenoxy) is 2. The van der Waals surface area contributed by atoms with E-state index in [0.29, 0.717) is 11.4 Å². The smallest absolute Gasteiger partial charge is 0.339 e. The molecular formula is C36H30N4O12S2. The number of carbonyl (C=O) groups is 4. The zero-order chi connectivity index (χ0) is 38.9. The number of rotatable bonds is 12. The lowest BCUT2D eigenvalue weighted by molar-refractivity contribution is -0.132. The highest BCUT2D eigenvalue weighted by atomic mass is 32.2. The molecule has 5 aromatic carbocycles. The molecule has 0 spiro atoms. The van der Waals surface area contributed by atoms with Crippen molar-refractivity contribution in [2.75, 3.05) is 21.3 Å². The van der Waals surface area contributed by atoms with Crippen molar-refractivity contribution in [2.45, 2.75) is 23.6 Å². The number of benzene rings is 5. The van der Waals surface area contributed by atoms with Gasteiger partial charge in [0.15, 0.2) is 0 Å². The molecule has 0 heterocycles. The highest BCUT2D eigenvalue weighted by molar-refractivity contribution is 7.88. The molecule has 0 saturated carbocycles. The second-order valence-electron chi connectivity index (χ2n) is 11.0. The van der Waals surface area contributed by atoms with E-state index in [1.165, 1.54) is 92.7 Å². The highest BCUT2D eigenvalue weighted by Crippen LogP contribution is 2.27. The van der Waals surface area contributed by atoms with E-state index >= 15 is 0 Å². The Morgan fingerprint density at radius 3 is 1.06 bits per heavy atom. The fourth-order valence-corrected chi connectivity index (χ4v) is 6.59. The molecule has 5 rings (SSSR count). The number of carbonyl (C=O) groups excluding carboxylic acids is 4. The molecule has 0 aromatic heterocycles. The van der Waals surface area contributed by atoms with Gasteiger partial charge in [0.2, 0.25) is 0 Å². The SMILES string of the molecule is CC(=O)Oc1cccc(NC(=O)Nc2cccc(OS(=O)(=O)c3cccc(S(=O)(=O)Oc4cccc(NC(=O)Nc5cccc(OC(C)=O)c5)c4)c3)c2)c1. The molecule has 0 unspecified atom stereocenters. The van der Waals surface area contributed by atoms with Crippen LogP contribution in [0.3, 0.4) is 0 Å². The normalized spacial score (nSPS) is 11.0. The van der Waals surface area contributed by atoms with Gasteiger partial charge < -0.3 is 39.1 Å². The maximum absolute atomic E-state index is 13.2. The number of urea groups is 2. The summed E-state index contributed by atoms with van der Waals surface area (Å²) in [6.45, 7) is 2.47. The third kappa shape index (κ3) is 11.0. The van der Waals surface area contributed by atoms with E-state index in [4.69, 9.17) is 17.8 Å². The zero-order valence-corrected chi connectivity index (χ0v) is 29.9. The van der Waals surface area contributed by atoms with Crippen LogP contribution >= 0.6 is 0 Å². The van der Waals surface area contributed by atoms with Crippen molar-refractivity contribution in [2.24, 2.45) is 0 Å². The zero-order valence-electron chi connectivity index (χ0n) is 28.3. The van der Waals surface area contributed by atoms with Crippen molar-refractivity contribution in [3.63, 3.8) is 0 Å². The van der Waals surface area contributed by atoms with Gasteiger partial charge in [-0.15, -0.1) is 0 Å². The first-order chi connectivity index (χ1) is 25.6. The lowest BCUT2D eigenvalue weighted by Crippen LogP contribution is -2.19. The Bertz CT molecular complexity index is 2290. The van der Waals surface area contributed by atoms with Crippen LogP contribution in [0.5, 0.6) is 23.0 Å². The third-order valence-electron chi connectivity index (χ3n) is 6.69. The van der Waals surface area contributed by atoms with Crippen LogP contribution in [0.15, 0.2) is 131 Å². The second kappa shape index (κ2) is 16.6. The summed E-state index contributed by atoms with van der Waals surface area (Å²) in [5, 5.41) is 10.2. The highest BCUT2D eigenvalue weighted by Gasteiger charge is 2.23. The summed E-state index contributed by atoms with van der Waals surface area (Å²) in [5.41, 5.74) is 0.940. The summed E-state index contributed by atoms with van der Waals surface area (Å²) >= 11 is 0.